The molecule has 2 rings (SSSR count). The van der Waals surface area contributed by atoms with Gasteiger partial charge in [-0.3, -0.25) is 0 Å². The summed E-state index contributed by atoms with van der Waals surface area (Å²) in [5.41, 5.74) is 0.941. The molecule has 1 heterocycles. The van der Waals surface area contributed by atoms with E-state index in [-0.39, 0.29) is 0 Å². The maximum Gasteiger partial charge on any atom is 0.110 e. The average Bonchev–Trinajstić information content (AvgIpc) is 2.30. The molecule has 1 aromatic carbocycles. The molecule has 0 radical (unpaired) electrons. The smallest absolute Gasteiger partial charge is 0.110 e. The molecule has 80 valence electrons. The number of benzene rings is 1. The number of thiocarbonyl (C=S) groups is 1. The number of morpholine rings is 1. The molecule has 1 aliphatic rings. The maximum absolute atomic E-state index is 6.09. The lowest BCUT2D eigenvalue weighted by molar-refractivity contribution is 0.0693. The zero-order valence-corrected chi connectivity index (χ0v) is 9.85. The maximum atomic E-state index is 6.09. The van der Waals surface area contributed by atoms with Crippen LogP contribution in [0.25, 0.3) is 0 Å². The van der Waals surface area contributed by atoms with Crippen molar-refractivity contribution >= 4 is 28.8 Å². The van der Waals surface area contributed by atoms with Gasteiger partial charge in [-0.1, -0.05) is 42.0 Å². The highest BCUT2D eigenvalue weighted by Gasteiger charge is 2.16. The molecule has 0 bridgehead atoms. The molecule has 1 aliphatic heterocycles. The lowest BCUT2D eigenvalue weighted by Crippen LogP contribution is -2.40. The minimum atomic E-state index is 0.717. The fourth-order valence-electron chi connectivity index (χ4n) is 1.57. The van der Waals surface area contributed by atoms with Crippen LogP contribution >= 0.6 is 23.8 Å². The summed E-state index contributed by atoms with van der Waals surface area (Å²) in [6.07, 6.45) is 0. The second-order valence-electron chi connectivity index (χ2n) is 3.38. The summed E-state index contributed by atoms with van der Waals surface area (Å²) >= 11 is 11.5. The number of ether oxygens (including phenoxy) is 1. The number of rotatable bonds is 1. The van der Waals surface area contributed by atoms with Gasteiger partial charge in [-0.2, -0.15) is 0 Å². The first-order valence-electron chi connectivity index (χ1n) is 4.90. The van der Waals surface area contributed by atoms with Gasteiger partial charge in [-0.05, 0) is 6.07 Å². The number of halogens is 1. The molecular weight excluding hydrogens is 230 g/mol. The second-order valence-corrected chi connectivity index (χ2v) is 4.18. The molecule has 0 saturated carbocycles. The van der Waals surface area contributed by atoms with Crippen LogP contribution in [-0.4, -0.2) is 36.2 Å². The van der Waals surface area contributed by atoms with E-state index < -0.39 is 0 Å². The van der Waals surface area contributed by atoms with Crippen LogP contribution in [0.2, 0.25) is 5.02 Å². The van der Waals surface area contributed by atoms with E-state index in [0.29, 0.717) is 5.02 Å². The molecule has 0 atom stereocenters. The molecule has 0 unspecified atom stereocenters. The monoisotopic (exact) mass is 241 g/mol. The Hall–Kier alpha value is -0.640. The van der Waals surface area contributed by atoms with Crippen molar-refractivity contribution in [3.63, 3.8) is 0 Å². The summed E-state index contributed by atoms with van der Waals surface area (Å²) < 4.78 is 5.28. The molecule has 1 saturated heterocycles. The van der Waals surface area contributed by atoms with E-state index in [9.17, 15) is 0 Å². The van der Waals surface area contributed by atoms with Gasteiger partial charge in [-0.25, -0.2) is 0 Å². The Morgan fingerprint density at radius 2 is 1.93 bits per heavy atom. The zero-order chi connectivity index (χ0) is 10.7. The molecule has 1 aromatic rings. The minimum absolute atomic E-state index is 0.717. The van der Waals surface area contributed by atoms with Gasteiger partial charge < -0.3 is 9.64 Å². The fourth-order valence-corrected chi connectivity index (χ4v) is 2.21. The number of hydrogen-bond donors (Lipinski definition) is 0. The third-order valence-corrected chi connectivity index (χ3v) is 3.21. The average molecular weight is 242 g/mol. The van der Waals surface area contributed by atoms with E-state index in [1.807, 2.05) is 24.3 Å². The van der Waals surface area contributed by atoms with Gasteiger partial charge in [0.15, 0.2) is 0 Å². The van der Waals surface area contributed by atoms with E-state index in [0.717, 1.165) is 36.9 Å². The quantitative estimate of drug-likeness (QED) is 0.701. The summed E-state index contributed by atoms with van der Waals surface area (Å²) in [7, 11) is 0. The normalized spacial score (nSPS) is 16.5. The minimum Gasteiger partial charge on any atom is -0.378 e. The largest absolute Gasteiger partial charge is 0.378 e. The summed E-state index contributed by atoms with van der Waals surface area (Å²) in [4.78, 5) is 2.96. The van der Waals surface area contributed by atoms with Crippen LogP contribution in [0.4, 0.5) is 0 Å². The Kier molecular flexibility index (Phi) is 3.57. The summed E-state index contributed by atoms with van der Waals surface area (Å²) in [5.74, 6) is 0. The molecule has 15 heavy (non-hydrogen) atoms. The van der Waals surface area contributed by atoms with Crippen LogP contribution < -0.4 is 0 Å². The van der Waals surface area contributed by atoms with Crippen molar-refractivity contribution in [3.05, 3.63) is 34.9 Å². The highest BCUT2D eigenvalue weighted by Crippen LogP contribution is 2.18. The Bertz CT molecular complexity index is 363. The van der Waals surface area contributed by atoms with Crippen molar-refractivity contribution in [2.24, 2.45) is 0 Å². The highest BCUT2D eigenvalue weighted by atomic mass is 35.5. The van der Waals surface area contributed by atoms with Gasteiger partial charge in [-0.15, -0.1) is 0 Å². The summed E-state index contributed by atoms with van der Waals surface area (Å²) in [6, 6.07) is 7.69. The molecule has 0 amide bonds. The van der Waals surface area contributed by atoms with E-state index in [4.69, 9.17) is 28.6 Å². The first-order chi connectivity index (χ1) is 7.29. The molecule has 1 fully saturated rings. The van der Waals surface area contributed by atoms with Crippen molar-refractivity contribution < 1.29 is 4.74 Å². The molecular formula is C11H12ClNOS. The van der Waals surface area contributed by atoms with Crippen LogP contribution in [0.3, 0.4) is 0 Å². The Balaban J connectivity index is 2.16. The second kappa shape index (κ2) is 4.92. The van der Waals surface area contributed by atoms with E-state index >= 15 is 0 Å². The third kappa shape index (κ3) is 2.48. The van der Waals surface area contributed by atoms with Crippen LogP contribution in [0.1, 0.15) is 5.56 Å². The first-order valence-corrected chi connectivity index (χ1v) is 5.69. The third-order valence-electron chi connectivity index (χ3n) is 2.40. The Morgan fingerprint density at radius 1 is 1.27 bits per heavy atom. The van der Waals surface area contributed by atoms with Crippen LogP contribution in [0.15, 0.2) is 24.3 Å². The molecule has 0 spiro atoms. The van der Waals surface area contributed by atoms with Crippen molar-refractivity contribution in [2.75, 3.05) is 26.3 Å². The van der Waals surface area contributed by atoms with E-state index in [1.54, 1.807) is 0 Å². The van der Waals surface area contributed by atoms with Crippen molar-refractivity contribution in [2.45, 2.75) is 0 Å². The zero-order valence-electron chi connectivity index (χ0n) is 8.28. The topological polar surface area (TPSA) is 12.5 Å². The van der Waals surface area contributed by atoms with Crippen LogP contribution in [0.5, 0.6) is 0 Å². The fraction of sp³-hybridized carbons (Fsp3) is 0.364. The van der Waals surface area contributed by atoms with E-state index in [2.05, 4.69) is 4.90 Å². The van der Waals surface area contributed by atoms with Crippen LogP contribution in [0, 0.1) is 0 Å². The predicted octanol–water partition coefficient (Wildman–Crippen LogP) is 2.35. The van der Waals surface area contributed by atoms with E-state index in [1.165, 1.54) is 0 Å². The molecule has 0 aliphatic carbocycles. The Morgan fingerprint density at radius 3 is 2.60 bits per heavy atom. The van der Waals surface area contributed by atoms with Crippen molar-refractivity contribution in [1.82, 2.24) is 4.90 Å². The predicted molar refractivity (Wildman–Crippen MR) is 65.5 cm³/mol. The molecule has 2 nitrogen and oxygen atoms in total. The number of hydrogen-bond acceptors (Lipinski definition) is 2. The van der Waals surface area contributed by atoms with Crippen molar-refractivity contribution in [3.8, 4) is 0 Å². The summed E-state index contributed by atoms with van der Waals surface area (Å²) in [6.45, 7) is 3.18. The molecule has 0 N–H and O–H groups in total. The van der Waals surface area contributed by atoms with Gasteiger partial charge in [0.25, 0.3) is 0 Å². The van der Waals surface area contributed by atoms with Gasteiger partial charge in [0.05, 0.1) is 18.2 Å². The molecule has 0 aromatic heterocycles. The van der Waals surface area contributed by atoms with Gasteiger partial charge in [0, 0.05) is 18.7 Å². The lowest BCUT2D eigenvalue weighted by Gasteiger charge is -2.29. The van der Waals surface area contributed by atoms with Gasteiger partial charge in [0.2, 0.25) is 0 Å². The van der Waals surface area contributed by atoms with Gasteiger partial charge >= 0.3 is 0 Å². The Labute approximate surface area is 99.8 Å². The van der Waals surface area contributed by atoms with Crippen molar-refractivity contribution in [1.29, 1.82) is 0 Å². The number of nitrogens with zero attached hydrogens (tertiary/aromatic N) is 1. The first kappa shape index (κ1) is 10.9. The summed E-state index contributed by atoms with van der Waals surface area (Å²) in [5, 5.41) is 0.717. The standard InChI is InChI=1S/C11H12ClNOS/c12-10-4-2-1-3-9(10)11(15)13-5-7-14-8-6-13/h1-4H,5-8H2. The van der Waals surface area contributed by atoms with Gasteiger partial charge in [0.1, 0.15) is 4.99 Å². The van der Waals surface area contributed by atoms with Crippen LogP contribution in [-0.2, 0) is 4.74 Å². The SMILES string of the molecule is S=C(c1ccccc1Cl)N1CCOCC1. The lowest BCUT2D eigenvalue weighted by atomic mass is 10.2. The molecule has 4 heteroatoms. The highest BCUT2D eigenvalue weighted by molar-refractivity contribution is 7.80.